The number of carbonyl (C=O) groups is 2. The van der Waals surface area contributed by atoms with Crippen molar-refractivity contribution in [2.45, 2.75) is 18.4 Å². The minimum absolute atomic E-state index is 0.0130. The molecule has 0 aliphatic carbocycles. The van der Waals surface area contributed by atoms with Crippen LogP contribution < -0.4 is 15.4 Å². The van der Waals surface area contributed by atoms with E-state index in [-0.39, 0.29) is 28.6 Å². The third kappa shape index (κ3) is 5.96. The smallest absolute Gasteiger partial charge is 0.255 e. The molecule has 3 aromatic carbocycles. The van der Waals surface area contributed by atoms with E-state index in [0.717, 1.165) is 12.1 Å². The summed E-state index contributed by atoms with van der Waals surface area (Å²) in [6, 6.07) is 14.9. The fourth-order valence-electron chi connectivity index (χ4n) is 2.73. The van der Waals surface area contributed by atoms with E-state index in [1.807, 2.05) is 0 Å². The summed E-state index contributed by atoms with van der Waals surface area (Å²) in [6.07, 6.45) is 0. The van der Waals surface area contributed by atoms with Crippen molar-refractivity contribution in [2.24, 2.45) is 0 Å². The molecule has 0 aliphatic rings. The fraction of sp³-hybridized carbons (Fsp3) is 0.0909. The quantitative estimate of drug-likeness (QED) is 0.502. The lowest BCUT2D eigenvalue weighted by molar-refractivity contribution is -0.114. The van der Waals surface area contributed by atoms with Gasteiger partial charge in [-0.1, -0.05) is 12.1 Å². The molecule has 7 nitrogen and oxygen atoms in total. The van der Waals surface area contributed by atoms with E-state index in [1.165, 1.54) is 49.4 Å². The van der Waals surface area contributed by atoms with Gasteiger partial charge in [0.15, 0.2) is 11.6 Å². The van der Waals surface area contributed by atoms with Crippen LogP contribution in [0, 0.1) is 11.6 Å². The van der Waals surface area contributed by atoms with E-state index >= 15 is 0 Å². The Morgan fingerprint density at radius 3 is 2.03 bits per heavy atom. The summed E-state index contributed by atoms with van der Waals surface area (Å²) >= 11 is 0. The molecule has 3 aromatic rings. The Morgan fingerprint density at radius 1 is 0.812 bits per heavy atom. The minimum Gasteiger partial charge on any atom is -0.326 e. The van der Waals surface area contributed by atoms with Gasteiger partial charge >= 0.3 is 0 Å². The molecular weight excluding hydrogens is 440 g/mol. The summed E-state index contributed by atoms with van der Waals surface area (Å²) in [7, 11) is -3.79. The SMILES string of the molecule is CC(=O)Nc1ccc(S(=O)(=O)NCc2ccc(C(=O)Nc3ccc(F)c(F)c3)cc2)cc1. The van der Waals surface area contributed by atoms with Gasteiger partial charge < -0.3 is 10.6 Å². The summed E-state index contributed by atoms with van der Waals surface area (Å²) in [5, 5.41) is 5.01. The molecular formula is C22H19F2N3O4S. The second-order valence-electron chi connectivity index (χ2n) is 6.81. The molecule has 0 saturated carbocycles. The van der Waals surface area contributed by atoms with Crippen molar-refractivity contribution in [2.75, 3.05) is 10.6 Å². The molecule has 0 saturated heterocycles. The molecule has 0 bridgehead atoms. The number of benzene rings is 3. The topological polar surface area (TPSA) is 104 Å². The molecule has 0 heterocycles. The molecule has 0 fully saturated rings. The highest BCUT2D eigenvalue weighted by molar-refractivity contribution is 7.89. The number of halogens is 2. The van der Waals surface area contributed by atoms with Gasteiger partial charge in [-0.25, -0.2) is 21.9 Å². The first-order valence-electron chi connectivity index (χ1n) is 9.37. The Bertz CT molecular complexity index is 1250. The average Bonchev–Trinajstić information content (AvgIpc) is 2.75. The zero-order valence-corrected chi connectivity index (χ0v) is 17.7. The fourth-order valence-corrected chi connectivity index (χ4v) is 3.75. The van der Waals surface area contributed by atoms with E-state index in [2.05, 4.69) is 15.4 Å². The third-order valence-corrected chi connectivity index (χ3v) is 5.76. The highest BCUT2D eigenvalue weighted by Gasteiger charge is 2.14. The number of hydrogen-bond donors (Lipinski definition) is 3. The van der Waals surface area contributed by atoms with Crippen molar-refractivity contribution in [3.05, 3.63) is 89.5 Å². The average molecular weight is 459 g/mol. The van der Waals surface area contributed by atoms with E-state index in [9.17, 15) is 26.8 Å². The van der Waals surface area contributed by atoms with Gasteiger partial charge in [0.2, 0.25) is 15.9 Å². The van der Waals surface area contributed by atoms with E-state index in [4.69, 9.17) is 0 Å². The number of nitrogens with one attached hydrogen (secondary N) is 3. The summed E-state index contributed by atoms with van der Waals surface area (Å²) < 4.78 is 53.6. The number of rotatable bonds is 7. The van der Waals surface area contributed by atoms with Crippen molar-refractivity contribution in [1.29, 1.82) is 0 Å². The van der Waals surface area contributed by atoms with Crippen molar-refractivity contribution in [3.8, 4) is 0 Å². The van der Waals surface area contributed by atoms with E-state index < -0.39 is 27.6 Å². The molecule has 0 atom stereocenters. The van der Waals surface area contributed by atoms with Crippen LogP contribution in [0.2, 0.25) is 0 Å². The van der Waals surface area contributed by atoms with Crippen LogP contribution in [-0.4, -0.2) is 20.2 Å². The molecule has 2 amide bonds. The van der Waals surface area contributed by atoms with Crippen LogP contribution in [0.1, 0.15) is 22.8 Å². The van der Waals surface area contributed by atoms with Gasteiger partial charge in [-0.3, -0.25) is 9.59 Å². The first-order valence-corrected chi connectivity index (χ1v) is 10.8. The Balaban J connectivity index is 1.60. The number of carbonyl (C=O) groups excluding carboxylic acids is 2. The van der Waals surface area contributed by atoms with Gasteiger partial charge in [-0.15, -0.1) is 0 Å². The first kappa shape index (κ1) is 23.0. The van der Waals surface area contributed by atoms with Crippen molar-refractivity contribution >= 4 is 33.2 Å². The molecule has 0 aliphatic heterocycles. The molecule has 0 unspecified atom stereocenters. The lowest BCUT2D eigenvalue weighted by atomic mass is 10.1. The van der Waals surface area contributed by atoms with E-state index in [0.29, 0.717) is 11.3 Å². The zero-order chi connectivity index (χ0) is 23.3. The summed E-state index contributed by atoms with van der Waals surface area (Å²) in [5.74, 6) is -2.88. The van der Waals surface area contributed by atoms with Crippen molar-refractivity contribution in [3.63, 3.8) is 0 Å². The number of anilines is 2. The van der Waals surface area contributed by atoms with Crippen LogP contribution in [-0.2, 0) is 21.4 Å². The van der Waals surface area contributed by atoms with Crippen LogP contribution >= 0.6 is 0 Å². The van der Waals surface area contributed by atoms with Crippen LogP contribution in [0.4, 0.5) is 20.2 Å². The lowest BCUT2D eigenvalue weighted by Gasteiger charge is -2.09. The van der Waals surface area contributed by atoms with Gasteiger partial charge in [0.25, 0.3) is 5.91 Å². The maximum Gasteiger partial charge on any atom is 0.255 e. The number of sulfonamides is 1. The van der Waals surface area contributed by atoms with Crippen LogP contribution in [0.3, 0.4) is 0 Å². The maximum atomic E-state index is 13.3. The van der Waals surface area contributed by atoms with Crippen LogP contribution in [0.5, 0.6) is 0 Å². The van der Waals surface area contributed by atoms with Gasteiger partial charge in [0.05, 0.1) is 4.90 Å². The van der Waals surface area contributed by atoms with Gasteiger partial charge in [-0.2, -0.15) is 0 Å². The second kappa shape index (κ2) is 9.67. The summed E-state index contributed by atoms with van der Waals surface area (Å²) in [6.45, 7) is 1.34. The predicted octanol–water partition coefficient (Wildman–Crippen LogP) is 3.65. The maximum absolute atomic E-state index is 13.3. The molecule has 32 heavy (non-hydrogen) atoms. The third-order valence-electron chi connectivity index (χ3n) is 4.34. The first-order chi connectivity index (χ1) is 15.1. The van der Waals surface area contributed by atoms with Crippen molar-refractivity contribution < 1.29 is 26.8 Å². The molecule has 3 rings (SSSR count). The Kier molecular flexibility index (Phi) is 6.96. The molecule has 0 radical (unpaired) electrons. The molecule has 0 aromatic heterocycles. The highest BCUT2D eigenvalue weighted by Crippen LogP contribution is 2.16. The Hall–Kier alpha value is -3.63. The lowest BCUT2D eigenvalue weighted by Crippen LogP contribution is -2.23. The van der Waals surface area contributed by atoms with Crippen molar-refractivity contribution in [1.82, 2.24) is 4.72 Å². The normalized spacial score (nSPS) is 11.1. The van der Waals surface area contributed by atoms with E-state index in [1.54, 1.807) is 12.1 Å². The Morgan fingerprint density at radius 2 is 1.44 bits per heavy atom. The second-order valence-corrected chi connectivity index (χ2v) is 8.58. The predicted molar refractivity (Wildman–Crippen MR) is 116 cm³/mol. The molecule has 3 N–H and O–H groups in total. The van der Waals surface area contributed by atoms with Gasteiger partial charge in [-0.05, 0) is 54.1 Å². The van der Waals surface area contributed by atoms with Crippen LogP contribution in [0.15, 0.2) is 71.6 Å². The molecule has 0 spiro atoms. The van der Waals surface area contributed by atoms with Gasteiger partial charge in [0, 0.05) is 36.5 Å². The molecule has 10 heteroatoms. The summed E-state index contributed by atoms with van der Waals surface area (Å²) in [4.78, 5) is 23.3. The van der Waals surface area contributed by atoms with Gasteiger partial charge in [0.1, 0.15) is 0 Å². The minimum atomic E-state index is -3.79. The Labute approximate surface area is 183 Å². The van der Waals surface area contributed by atoms with Crippen LogP contribution in [0.25, 0.3) is 0 Å². The monoisotopic (exact) mass is 459 g/mol. The molecule has 166 valence electrons. The highest BCUT2D eigenvalue weighted by atomic mass is 32.2. The number of amides is 2. The largest absolute Gasteiger partial charge is 0.326 e. The zero-order valence-electron chi connectivity index (χ0n) is 16.9. The standard InChI is InChI=1S/C22H19F2N3O4S/c1-14(28)26-17-6-9-19(10-7-17)32(30,31)25-13-15-2-4-16(5-3-15)22(29)27-18-8-11-20(23)21(24)12-18/h2-12,25H,13H2,1H3,(H,26,28)(H,27,29). The number of hydrogen-bond acceptors (Lipinski definition) is 4. The summed E-state index contributed by atoms with van der Waals surface area (Å²) in [5.41, 5.74) is 1.45.